The smallest absolute Gasteiger partial charge is 0.0950 e. The van der Waals surface area contributed by atoms with E-state index in [0.29, 0.717) is 6.54 Å². The van der Waals surface area contributed by atoms with Gasteiger partial charge in [0.25, 0.3) is 0 Å². The molecule has 0 bridgehead atoms. The van der Waals surface area contributed by atoms with Crippen LogP contribution in [-0.4, -0.2) is 18.1 Å². The van der Waals surface area contributed by atoms with E-state index in [1.54, 1.807) is 0 Å². The van der Waals surface area contributed by atoms with Crippen LogP contribution in [0.5, 0.6) is 0 Å². The van der Waals surface area contributed by atoms with Gasteiger partial charge in [0.15, 0.2) is 0 Å². The third-order valence-corrected chi connectivity index (χ3v) is 3.84. The number of hydrogen-bond acceptors (Lipinski definition) is 3. The van der Waals surface area contributed by atoms with Gasteiger partial charge in [0.1, 0.15) is 0 Å². The molecular formula is C17H20N2O. The van der Waals surface area contributed by atoms with Gasteiger partial charge in [-0.25, -0.2) is 0 Å². The van der Waals surface area contributed by atoms with Crippen LogP contribution in [0.3, 0.4) is 0 Å². The number of benzene rings is 1. The maximum atomic E-state index is 5.82. The van der Waals surface area contributed by atoms with E-state index in [1.165, 1.54) is 22.3 Å². The maximum Gasteiger partial charge on any atom is 0.0950 e. The van der Waals surface area contributed by atoms with Gasteiger partial charge < -0.3 is 10.5 Å². The Labute approximate surface area is 119 Å². The maximum absolute atomic E-state index is 5.82. The number of aryl methyl sites for hydroxylation is 2. The summed E-state index contributed by atoms with van der Waals surface area (Å²) in [6, 6.07) is 10.7. The number of nitrogens with zero attached hydrogens (tertiary/aromatic N) is 1. The van der Waals surface area contributed by atoms with Crippen molar-refractivity contribution in [2.45, 2.75) is 26.4 Å². The Hall–Kier alpha value is -1.71. The zero-order chi connectivity index (χ0) is 14.1. The second-order valence-corrected chi connectivity index (χ2v) is 5.36. The lowest BCUT2D eigenvalue weighted by Crippen LogP contribution is -2.23. The van der Waals surface area contributed by atoms with E-state index in [0.717, 1.165) is 24.4 Å². The minimum atomic E-state index is 0.0303. The molecule has 0 saturated heterocycles. The highest BCUT2D eigenvalue weighted by atomic mass is 16.5. The molecule has 3 nitrogen and oxygen atoms in total. The van der Waals surface area contributed by atoms with E-state index in [1.807, 2.05) is 13.8 Å². The first kappa shape index (κ1) is 13.3. The number of rotatable bonds is 2. The quantitative estimate of drug-likeness (QED) is 0.911. The van der Waals surface area contributed by atoms with Crippen molar-refractivity contribution in [2.75, 3.05) is 13.2 Å². The molecule has 20 heavy (non-hydrogen) atoms. The number of ether oxygens (including phenoxy) is 1. The molecule has 3 heteroatoms. The van der Waals surface area contributed by atoms with Crippen LogP contribution in [-0.2, 0) is 11.2 Å². The summed E-state index contributed by atoms with van der Waals surface area (Å²) in [6.45, 7) is 5.36. The van der Waals surface area contributed by atoms with Crippen molar-refractivity contribution in [2.24, 2.45) is 5.73 Å². The fraction of sp³-hybridized carbons (Fsp3) is 0.353. The molecule has 0 saturated carbocycles. The van der Waals surface area contributed by atoms with Gasteiger partial charge in [-0.3, -0.25) is 4.98 Å². The van der Waals surface area contributed by atoms with Gasteiger partial charge >= 0.3 is 0 Å². The monoisotopic (exact) mass is 268 g/mol. The first-order valence-electron chi connectivity index (χ1n) is 7.08. The average Bonchev–Trinajstić information content (AvgIpc) is 2.45. The van der Waals surface area contributed by atoms with E-state index in [9.17, 15) is 0 Å². The molecule has 2 aromatic rings. The van der Waals surface area contributed by atoms with Crippen LogP contribution in [0.25, 0.3) is 11.1 Å². The Bertz CT molecular complexity index is 617. The van der Waals surface area contributed by atoms with Crippen molar-refractivity contribution in [1.82, 2.24) is 4.98 Å². The van der Waals surface area contributed by atoms with Gasteiger partial charge in [0.2, 0.25) is 0 Å². The second-order valence-electron chi connectivity index (χ2n) is 5.36. The Kier molecular flexibility index (Phi) is 3.55. The lowest BCUT2D eigenvalue weighted by atomic mass is 9.89. The summed E-state index contributed by atoms with van der Waals surface area (Å²) in [6.07, 6.45) is 0.977. The van der Waals surface area contributed by atoms with Crippen LogP contribution in [0, 0.1) is 13.8 Å². The van der Waals surface area contributed by atoms with Gasteiger partial charge in [-0.15, -0.1) is 0 Å². The largest absolute Gasteiger partial charge is 0.372 e. The second kappa shape index (κ2) is 5.35. The summed E-state index contributed by atoms with van der Waals surface area (Å²) in [5.74, 6) is 0. The van der Waals surface area contributed by atoms with Gasteiger partial charge in [-0.05, 0) is 54.7 Å². The molecule has 0 fully saturated rings. The Morgan fingerprint density at radius 1 is 1.25 bits per heavy atom. The van der Waals surface area contributed by atoms with Crippen molar-refractivity contribution < 1.29 is 4.74 Å². The van der Waals surface area contributed by atoms with Gasteiger partial charge in [0, 0.05) is 17.9 Å². The molecule has 0 radical (unpaired) electrons. The van der Waals surface area contributed by atoms with Crippen molar-refractivity contribution in [3.8, 4) is 11.1 Å². The first-order chi connectivity index (χ1) is 9.69. The van der Waals surface area contributed by atoms with E-state index >= 15 is 0 Å². The van der Waals surface area contributed by atoms with E-state index in [-0.39, 0.29) is 6.10 Å². The van der Waals surface area contributed by atoms with Crippen LogP contribution in [0.15, 0.2) is 30.3 Å². The molecule has 1 atom stereocenters. The molecule has 3 rings (SSSR count). The number of pyridine rings is 1. The summed E-state index contributed by atoms with van der Waals surface area (Å²) in [7, 11) is 0. The summed E-state index contributed by atoms with van der Waals surface area (Å²) in [5.41, 5.74) is 13.1. The molecule has 1 aliphatic heterocycles. The first-order valence-corrected chi connectivity index (χ1v) is 7.08. The van der Waals surface area contributed by atoms with Crippen molar-refractivity contribution >= 4 is 0 Å². The van der Waals surface area contributed by atoms with E-state index in [4.69, 9.17) is 10.5 Å². The highest BCUT2D eigenvalue weighted by Crippen LogP contribution is 2.34. The molecular weight excluding hydrogens is 248 g/mol. The van der Waals surface area contributed by atoms with Crippen molar-refractivity contribution in [3.63, 3.8) is 0 Å². The lowest BCUT2D eigenvalue weighted by Gasteiger charge is -2.27. The topological polar surface area (TPSA) is 48.1 Å². The lowest BCUT2D eigenvalue weighted by molar-refractivity contribution is 0.0486. The molecule has 1 unspecified atom stereocenters. The normalized spacial score (nSPS) is 17.9. The number of hydrogen-bond donors (Lipinski definition) is 1. The fourth-order valence-electron chi connectivity index (χ4n) is 3.03. The average molecular weight is 268 g/mol. The predicted octanol–water partition coefficient (Wildman–Crippen LogP) is 2.94. The highest BCUT2D eigenvalue weighted by molar-refractivity contribution is 5.70. The van der Waals surface area contributed by atoms with Crippen molar-refractivity contribution in [1.29, 1.82) is 0 Å². The predicted molar refractivity (Wildman–Crippen MR) is 80.6 cm³/mol. The Morgan fingerprint density at radius 2 is 2.00 bits per heavy atom. The molecule has 0 amide bonds. The zero-order valence-corrected chi connectivity index (χ0v) is 12.0. The molecule has 0 aliphatic carbocycles. The third-order valence-electron chi connectivity index (χ3n) is 3.84. The Morgan fingerprint density at radius 3 is 2.70 bits per heavy atom. The zero-order valence-electron chi connectivity index (χ0n) is 12.0. The van der Waals surface area contributed by atoms with Gasteiger partial charge in [-0.2, -0.15) is 0 Å². The SMILES string of the molecule is Cc1cc(-c2cccc3c2CCOC3CN)cc(C)n1. The molecule has 0 spiro atoms. The standard InChI is InChI=1S/C17H20N2O/c1-11-8-13(9-12(2)19-11)14-4-3-5-16-15(14)6-7-20-17(16)10-18/h3-5,8-9,17H,6-7,10,18H2,1-2H3. The van der Waals surface area contributed by atoms with Crippen molar-refractivity contribution in [3.05, 3.63) is 52.8 Å². The minimum Gasteiger partial charge on any atom is -0.372 e. The number of nitrogens with two attached hydrogens (primary N) is 1. The van der Waals surface area contributed by atoms with Gasteiger partial charge in [-0.1, -0.05) is 18.2 Å². The van der Waals surface area contributed by atoms with Crippen LogP contribution in [0.1, 0.15) is 28.6 Å². The van der Waals surface area contributed by atoms with Gasteiger partial charge in [0.05, 0.1) is 12.7 Å². The summed E-state index contributed by atoms with van der Waals surface area (Å²) in [4.78, 5) is 4.46. The third kappa shape index (κ3) is 2.35. The van der Waals surface area contributed by atoms with E-state index in [2.05, 4.69) is 35.3 Å². The molecule has 104 valence electrons. The molecule has 2 heterocycles. The summed E-state index contributed by atoms with van der Waals surface area (Å²) in [5, 5.41) is 0. The fourth-order valence-corrected chi connectivity index (χ4v) is 3.03. The van der Waals surface area contributed by atoms with Crippen LogP contribution in [0.2, 0.25) is 0 Å². The number of aromatic nitrogens is 1. The van der Waals surface area contributed by atoms with Crippen LogP contribution < -0.4 is 5.73 Å². The molecule has 2 N–H and O–H groups in total. The molecule has 1 aromatic carbocycles. The number of fused-ring (bicyclic) bond motifs is 1. The summed E-state index contributed by atoms with van der Waals surface area (Å²) < 4.78 is 5.75. The molecule has 1 aliphatic rings. The Balaban J connectivity index is 2.15. The summed E-state index contributed by atoms with van der Waals surface area (Å²) >= 11 is 0. The highest BCUT2D eigenvalue weighted by Gasteiger charge is 2.22. The minimum absolute atomic E-state index is 0.0303. The van der Waals surface area contributed by atoms with Crippen LogP contribution >= 0.6 is 0 Å². The van der Waals surface area contributed by atoms with E-state index < -0.39 is 0 Å². The van der Waals surface area contributed by atoms with Crippen LogP contribution in [0.4, 0.5) is 0 Å². The molecule has 1 aromatic heterocycles.